The Kier molecular flexibility index (Phi) is 8.87. The van der Waals surface area contributed by atoms with Crippen LogP contribution in [0.2, 0.25) is 0 Å². The smallest absolute Gasteiger partial charge is 0.488 e. The summed E-state index contributed by atoms with van der Waals surface area (Å²) in [4.78, 5) is 50.8. The number of cyclic esters (lactones) is 1. The first-order valence-electron chi connectivity index (χ1n) is 15.4. The first-order chi connectivity index (χ1) is 22.8. The molecule has 1 aliphatic carbocycles. The number of hydrogen-bond acceptors (Lipinski definition) is 11. The van der Waals surface area contributed by atoms with E-state index in [2.05, 4.69) is 4.74 Å². The first kappa shape index (κ1) is 33.0. The Morgan fingerprint density at radius 2 is 1.83 bits per heavy atom. The van der Waals surface area contributed by atoms with Crippen LogP contribution in [0, 0.1) is 11.6 Å². The summed E-state index contributed by atoms with van der Waals surface area (Å²) in [6, 6.07) is 5.72. The number of pyridine rings is 1. The summed E-state index contributed by atoms with van der Waals surface area (Å²) in [5.41, 5.74) is 4.25. The summed E-state index contributed by atoms with van der Waals surface area (Å²) in [5.74, 6) is -2.64. The van der Waals surface area contributed by atoms with E-state index in [0.717, 1.165) is 25.0 Å². The summed E-state index contributed by atoms with van der Waals surface area (Å²) in [6.07, 6.45) is 0.176. The Labute approximate surface area is 272 Å². The highest BCUT2D eigenvalue weighted by molar-refractivity contribution is 5.90. The van der Waals surface area contributed by atoms with Gasteiger partial charge in [-0.25, -0.2) is 18.4 Å². The molecule has 256 valence electrons. The molecular weight excluding hydrogens is 638 g/mol. The number of anilines is 2. The highest BCUT2D eigenvalue weighted by Gasteiger charge is 2.36. The number of carboxylic acid groups (broad SMARTS) is 1. The minimum Gasteiger partial charge on any atom is -0.488 e. The van der Waals surface area contributed by atoms with Crippen molar-refractivity contribution in [3.63, 3.8) is 0 Å². The van der Waals surface area contributed by atoms with Crippen LogP contribution in [0.25, 0.3) is 10.9 Å². The average Bonchev–Trinajstić information content (AvgIpc) is 3.82. The van der Waals surface area contributed by atoms with Crippen molar-refractivity contribution in [2.75, 3.05) is 42.6 Å². The molecule has 2 aliphatic heterocycles. The number of piperidine rings is 1. The topological polar surface area (TPSA) is 183 Å². The lowest BCUT2D eigenvalue weighted by Crippen LogP contribution is -2.48. The Balaban J connectivity index is 1.08. The van der Waals surface area contributed by atoms with Crippen LogP contribution in [-0.4, -0.2) is 83.6 Å². The molecule has 16 heteroatoms. The third-order valence-electron chi connectivity index (χ3n) is 8.62. The van der Waals surface area contributed by atoms with E-state index in [1.807, 2.05) is 0 Å². The molecule has 3 fully saturated rings. The number of amides is 1. The summed E-state index contributed by atoms with van der Waals surface area (Å²) in [6.45, 7) is 1.51. The Morgan fingerprint density at radius 3 is 2.48 bits per heavy atom. The maximum absolute atomic E-state index is 15.4. The van der Waals surface area contributed by atoms with E-state index in [0.29, 0.717) is 5.52 Å². The van der Waals surface area contributed by atoms with Crippen LogP contribution >= 0.6 is 0 Å². The predicted molar refractivity (Wildman–Crippen MR) is 166 cm³/mol. The second-order valence-corrected chi connectivity index (χ2v) is 12.3. The Bertz CT molecular complexity index is 1820. The molecule has 0 unspecified atom stereocenters. The minimum atomic E-state index is -1.64. The highest BCUT2D eigenvalue weighted by atomic mass is 19.1. The third-order valence-corrected chi connectivity index (χ3v) is 8.62. The SMILES string of the molecule is C[C@H](N)C(=O)OC[C@H]1CN(c2ccc(OCC3(O)CCN(c4cc5c(cc4F)c(=O)c(OC(=O)O)cn5C4CC4)CC3)c(F)c2)C(=O)O1. The van der Waals surface area contributed by atoms with Gasteiger partial charge < -0.3 is 44.4 Å². The minimum absolute atomic E-state index is 0.000908. The van der Waals surface area contributed by atoms with Gasteiger partial charge in [0, 0.05) is 25.2 Å². The lowest BCUT2D eigenvalue weighted by molar-refractivity contribution is -0.147. The number of rotatable bonds is 10. The maximum Gasteiger partial charge on any atom is 0.511 e. The number of aliphatic hydroxyl groups is 1. The van der Waals surface area contributed by atoms with Crippen LogP contribution in [0.4, 0.5) is 29.7 Å². The maximum atomic E-state index is 15.4. The van der Waals surface area contributed by atoms with Gasteiger partial charge >= 0.3 is 18.2 Å². The molecule has 1 amide bonds. The van der Waals surface area contributed by atoms with Crippen LogP contribution in [0.3, 0.4) is 0 Å². The van der Waals surface area contributed by atoms with Crippen molar-refractivity contribution in [3.8, 4) is 11.5 Å². The molecule has 0 bridgehead atoms. The van der Waals surface area contributed by atoms with Crippen molar-refractivity contribution in [3.05, 3.63) is 58.4 Å². The molecule has 3 aliphatic rings. The summed E-state index contributed by atoms with van der Waals surface area (Å²) in [7, 11) is 0. The number of ether oxygens (including phenoxy) is 4. The van der Waals surface area contributed by atoms with Gasteiger partial charge in [0.15, 0.2) is 23.4 Å². The van der Waals surface area contributed by atoms with E-state index in [9.17, 15) is 24.3 Å². The normalized spacial score (nSPS) is 19.6. The van der Waals surface area contributed by atoms with Crippen LogP contribution < -0.4 is 30.4 Å². The zero-order chi connectivity index (χ0) is 34.3. The van der Waals surface area contributed by atoms with Gasteiger partial charge in [0.2, 0.25) is 5.43 Å². The van der Waals surface area contributed by atoms with Crippen molar-refractivity contribution >= 4 is 40.5 Å². The fraction of sp³-hybridized carbons (Fsp3) is 0.438. The van der Waals surface area contributed by atoms with Gasteiger partial charge in [-0.3, -0.25) is 14.5 Å². The summed E-state index contributed by atoms with van der Waals surface area (Å²) < 4.78 is 52.7. The van der Waals surface area contributed by atoms with E-state index < -0.39 is 58.8 Å². The number of benzene rings is 2. The van der Waals surface area contributed by atoms with E-state index in [1.54, 1.807) is 15.5 Å². The molecule has 1 aromatic heterocycles. The number of aromatic nitrogens is 1. The van der Waals surface area contributed by atoms with E-state index in [1.165, 1.54) is 30.2 Å². The van der Waals surface area contributed by atoms with Crippen LogP contribution in [0.5, 0.6) is 11.5 Å². The van der Waals surface area contributed by atoms with Gasteiger partial charge in [-0.1, -0.05) is 0 Å². The van der Waals surface area contributed by atoms with Gasteiger partial charge in [-0.05, 0) is 56.9 Å². The number of carbonyl (C=O) groups is 3. The van der Waals surface area contributed by atoms with Gasteiger partial charge in [0.1, 0.15) is 30.7 Å². The monoisotopic (exact) mass is 672 g/mol. The quantitative estimate of drug-likeness (QED) is 0.268. The van der Waals surface area contributed by atoms with Crippen molar-refractivity contribution in [2.24, 2.45) is 5.73 Å². The van der Waals surface area contributed by atoms with Crippen molar-refractivity contribution < 1.29 is 52.3 Å². The molecule has 1 saturated carbocycles. The first-order valence-corrected chi connectivity index (χ1v) is 15.4. The molecule has 2 saturated heterocycles. The molecule has 0 spiro atoms. The lowest BCUT2D eigenvalue weighted by atomic mass is 9.92. The number of halogens is 2. The zero-order valence-corrected chi connectivity index (χ0v) is 25.9. The second-order valence-electron chi connectivity index (χ2n) is 12.3. The fourth-order valence-electron chi connectivity index (χ4n) is 5.82. The Morgan fingerprint density at radius 1 is 1.10 bits per heavy atom. The number of nitrogens with two attached hydrogens (primary N) is 1. The summed E-state index contributed by atoms with van der Waals surface area (Å²) in [5, 5.41) is 20.2. The van der Waals surface area contributed by atoms with Crippen molar-refractivity contribution in [1.82, 2.24) is 4.57 Å². The highest BCUT2D eigenvalue weighted by Crippen LogP contribution is 2.39. The van der Waals surface area contributed by atoms with E-state index in [4.69, 9.17) is 25.1 Å². The average molecular weight is 673 g/mol. The molecule has 48 heavy (non-hydrogen) atoms. The number of carbonyl (C=O) groups excluding carboxylic acids is 2. The van der Waals surface area contributed by atoms with Crippen molar-refractivity contribution in [1.29, 1.82) is 0 Å². The fourth-order valence-corrected chi connectivity index (χ4v) is 5.82. The van der Waals surface area contributed by atoms with Crippen LogP contribution in [0.1, 0.15) is 38.6 Å². The molecule has 4 N–H and O–H groups in total. The molecule has 2 aromatic carbocycles. The number of nitrogens with zero attached hydrogens (tertiary/aromatic N) is 3. The van der Waals surface area contributed by atoms with Crippen molar-refractivity contribution in [2.45, 2.75) is 56.4 Å². The lowest BCUT2D eigenvalue weighted by Gasteiger charge is -2.39. The number of hydrogen-bond donors (Lipinski definition) is 3. The molecule has 2 atom stereocenters. The summed E-state index contributed by atoms with van der Waals surface area (Å²) >= 11 is 0. The van der Waals surface area contributed by atoms with E-state index in [-0.39, 0.29) is 74.2 Å². The molecule has 3 heterocycles. The number of esters is 1. The zero-order valence-electron chi connectivity index (χ0n) is 25.9. The molecular formula is C32H34F2N4O10. The van der Waals surface area contributed by atoms with Gasteiger partial charge in [0.25, 0.3) is 0 Å². The standard InChI is InChI=1S/C32H34F2N4O10/c1-17(35)29(40)45-15-20-13-38(30(41)47-20)19-4-5-26(23(34)10-19)46-16-32(44)6-8-36(9-7-32)25-12-24-21(11-22(25)33)28(39)27(48-31(42)43)14-37(24)18-2-3-18/h4-5,10-12,14,17-18,20,44H,2-3,6-9,13,15-16,35H2,1H3,(H,42,43)/t17-,20+/m0/s1. The van der Waals surface area contributed by atoms with E-state index >= 15 is 8.78 Å². The molecule has 6 rings (SSSR count). The third kappa shape index (κ3) is 6.85. The van der Waals surface area contributed by atoms with Crippen LogP contribution in [-0.2, 0) is 14.3 Å². The predicted octanol–water partition coefficient (Wildman–Crippen LogP) is 3.30. The largest absolute Gasteiger partial charge is 0.511 e. The molecule has 0 radical (unpaired) electrons. The Hall–Kier alpha value is -4.96. The van der Waals surface area contributed by atoms with Gasteiger partial charge in [0.05, 0.1) is 35.0 Å². The molecule has 14 nitrogen and oxygen atoms in total. The van der Waals surface area contributed by atoms with Crippen LogP contribution in [0.15, 0.2) is 41.3 Å². The van der Waals surface area contributed by atoms with Gasteiger partial charge in [-0.15, -0.1) is 0 Å². The number of fused-ring (bicyclic) bond motifs is 1. The molecule has 3 aromatic rings. The van der Waals surface area contributed by atoms with Gasteiger partial charge in [-0.2, -0.15) is 0 Å². The second kappa shape index (κ2) is 12.9.